The van der Waals surface area contributed by atoms with E-state index in [1.165, 1.54) is 6.08 Å². The van der Waals surface area contributed by atoms with Gasteiger partial charge >= 0.3 is 6.03 Å². The summed E-state index contributed by atoms with van der Waals surface area (Å²) in [6.07, 6.45) is 1.43. The molecule has 4 amide bonds. The van der Waals surface area contributed by atoms with Gasteiger partial charge in [0.25, 0.3) is 11.8 Å². The van der Waals surface area contributed by atoms with E-state index in [-0.39, 0.29) is 12.2 Å². The van der Waals surface area contributed by atoms with Crippen molar-refractivity contribution in [2.45, 2.75) is 20.5 Å². The van der Waals surface area contributed by atoms with E-state index in [9.17, 15) is 14.4 Å². The molecule has 1 N–H and O–H groups in total. The number of halogens is 1. The van der Waals surface area contributed by atoms with Crippen molar-refractivity contribution in [3.8, 4) is 11.5 Å². The van der Waals surface area contributed by atoms with Gasteiger partial charge in [0.2, 0.25) is 0 Å². The van der Waals surface area contributed by atoms with Gasteiger partial charge in [0.1, 0.15) is 12.2 Å². The first kappa shape index (κ1) is 24.0. The molecule has 35 heavy (non-hydrogen) atoms. The number of para-hydroxylation sites is 1. The molecule has 0 aromatic heterocycles. The second-order valence-corrected chi connectivity index (χ2v) is 8.24. The van der Waals surface area contributed by atoms with Gasteiger partial charge in [-0.05, 0) is 66.9 Å². The Labute approximate surface area is 207 Å². The van der Waals surface area contributed by atoms with Gasteiger partial charge in [0.15, 0.2) is 11.5 Å². The topological polar surface area (TPSA) is 84.9 Å². The average molecular weight is 491 g/mol. The van der Waals surface area contributed by atoms with E-state index < -0.39 is 17.8 Å². The van der Waals surface area contributed by atoms with E-state index in [1.807, 2.05) is 25.1 Å². The molecule has 3 aromatic carbocycles. The van der Waals surface area contributed by atoms with E-state index >= 15 is 0 Å². The number of carbonyl (C=O) groups excluding carboxylic acids is 3. The van der Waals surface area contributed by atoms with Crippen molar-refractivity contribution in [3.05, 3.63) is 94.0 Å². The minimum atomic E-state index is -0.786. The second-order valence-electron chi connectivity index (χ2n) is 7.80. The third-order valence-electron chi connectivity index (χ3n) is 5.32. The van der Waals surface area contributed by atoms with Crippen LogP contribution in [-0.4, -0.2) is 24.5 Å². The van der Waals surface area contributed by atoms with Gasteiger partial charge < -0.3 is 9.47 Å². The van der Waals surface area contributed by atoms with Crippen LogP contribution >= 0.6 is 11.6 Å². The molecular weight excluding hydrogens is 468 g/mol. The highest BCUT2D eigenvalue weighted by atomic mass is 35.5. The normalized spacial score (nSPS) is 14.8. The molecule has 0 unspecified atom stereocenters. The predicted octanol–water partition coefficient (Wildman–Crippen LogP) is 5.29. The molecule has 178 valence electrons. The summed E-state index contributed by atoms with van der Waals surface area (Å²) in [5, 5.41) is 2.86. The summed E-state index contributed by atoms with van der Waals surface area (Å²) in [6, 6.07) is 18.6. The summed E-state index contributed by atoms with van der Waals surface area (Å²) in [5.41, 5.74) is 2.42. The highest BCUT2D eigenvalue weighted by Gasteiger charge is 2.37. The molecule has 0 atom stereocenters. The minimum absolute atomic E-state index is 0.164. The Balaban J connectivity index is 1.62. The Morgan fingerprint density at radius 3 is 2.49 bits per heavy atom. The Kier molecular flexibility index (Phi) is 7.17. The number of anilines is 1. The van der Waals surface area contributed by atoms with Crippen LogP contribution in [-0.2, 0) is 16.2 Å². The van der Waals surface area contributed by atoms with Gasteiger partial charge in [-0.3, -0.25) is 14.9 Å². The van der Waals surface area contributed by atoms with Crippen molar-refractivity contribution in [3.63, 3.8) is 0 Å². The summed E-state index contributed by atoms with van der Waals surface area (Å²) < 4.78 is 11.6. The van der Waals surface area contributed by atoms with Crippen LogP contribution in [0.25, 0.3) is 6.08 Å². The number of nitrogens with one attached hydrogen (secondary N) is 1. The smallest absolute Gasteiger partial charge is 0.335 e. The fourth-order valence-corrected chi connectivity index (χ4v) is 3.86. The molecule has 1 fully saturated rings. The molecular formula is C27H23ClN2O5. The lowest BCUT2D eigenvalue weighted by Crippen LogP contribution is -2.54. The number of aryl methyl sites for hydroxylation is 1. The quantitative estimate of drug-likeness (QED) is 0.359. The lowest BCUT2D eigenvalue weighted by molar-refractivity contribution is -0.122. The maximum Gasteiger partial charge on any atom is 0.335 e. The maximum atomic E-state index is 13.2. The van der Waals surface area contributed by atoms with E-state index in [0.29, 0.717) is 34.4 Å². The first-order valence-corrected chi connectivity index (χ1v) is 11.4. The number of urea groups is 1. The summed E-state index contributed by atoms with van der Waals surface area (Å²) in [4.78, 5) is 39.1. The molecule has 1 aliphatic rings. The highest BCUT2D eigenvalue weighted by Crippen LogP contribution is 2.31. The number of nitrogens with zero attached hydrogens (tertiary/aromatic N) is 1. The number of barbiturate groups is 1. The van der Waals surface area contributed by atoms with Crippen LogP contribution in [0.2, 0.25) is 5.02 Å². The van der Waals surface area contributed by atoms with Crippen molar-refractivity contribution < 1.29 is 23.9 Å². The van der Waals surface area contributed by atoms with Crippen LogP contribution < -0.4 is 19.7 Å². The third-order valence-corrected chi connectivity index (χ3v) is 5.56. The number of ether oxygens (including phenoxy) is 2. The highest BCUT2D eigenvalue weighted by molar-refractivity contribution is 6.39. The average Bonchev–Trinajstić information content (AvgIpc) is 2.82. The number of rotatable bonds is 7. The van der Waals surface area contributed by atoms with Gasteiger partial charge in [-0.25, -0.2) is 9.69 Å². The van der Waals surface area contributed by atoms with E-state index in [4.69, 9.17) is 21.1 Å². The Bertz CT molecular complexity index is 1330. The molecule has 0 saturated carbocycles. The van der Waals surface area contributed by atoms with Crippen LogP contribution in [0.4, 0.5) is 10.5 Å². The predicted molar refractivity (Wildman–Crippen MR) is 134 cm³/mol. The lowest BCUT2D eigenvalue weighted by atomic mass is 10.1. The zero-order chi connectivity index (χ0) is 24.9. The third kappa shape index (κ3) is 5.36. The SMILES string of the molecule is CCOc1cc(/C=C2\C(=O)NC(=O)N(c3ccccc3C)C2=O)ccc1OCc1cccc(Cl)c1. The molecule has 3 aromatic rings. The number of benzene rings is 3. The van der Waals surface area contributed by atoms with Crippen LogP contribution in [0.1, 0.15) is 23.6 Å². The summed E-state index contributed by atoms with van der Waals surface area (Å²) in [6.45, 7) is 4.31. The number of hydrogen-bond acceptors (Lipinski definition) is 5. The summed E-state index contributed by atoms with van der Waals surface area (Å²) >= 11 is 6.04. The molecule has 4 rings (SSSR count). The van der Waals surface area contributed by atoms with Crippen LogP contribution in [0, 0.1) is 6.92 Å². The van der Waals surface area contributed by atoms with Gasteiger partial charge in [-0.1, -0.05) is 48.0 Å². The van der Waals surface area contributed by atoms with Crippen molar-refractivity contribution in [2.75, 3.05) is 11.5 Å². The van der Waals surface area contributed by atoms with E-state index in [2.05, 4.69) is 5.32 Å². The van der Waals surface area contributed by atoms with E-state index in [1.54, 1.807) is 55.5 Å². The largest absolute Gasteiger partial charge is 0.490 e. The summed E-state index contributed by atoms with van der Waals surface area (Å²) in [7, 11) is 0. The van der Waals surface area contributed by atoms with Gasteiger partial charge in [0.05, 0.1) is 12.3 Å². The molecule has 0 spiro atoms. The molecule has 0 bridgehead atoms. The minimum Gasteiger partial charge on any atom is -0.490 e. The van der Waals surface area contributed by atoms with Crippen molar-refractivity contribution >= 4 is 41.2 Å². The van der Waals surface area contributed by atoms with Crippen LogP contribution in [0.3, 0.4) is 0 Å². The standard InChI is InChI=1S/C27H23ClN2O5/c1-3-34-24-15-18(11-12-23(24)35-16-19-8-6-9-20(28)13-19)14-21-25(31)29-27(33)30(26(21)32)22-10-5-4-7-17(22)2/h4-15H,3,16H2,1-2H3,(H,29,31,33)/b21-14+. The van der Waals surface area contributed by atoms with Crippen LogP contribution in [0.15, 0.2) is 72.3 Å². The molecule has 1 aliphatic heterocycles. The number of amides is 4. The van der Waals surface area contributed by atoms with Crippen molar-refractivity contribution in [1.29, 1.82) is 0 Å². The molecule has 0 radical (unpaired) electrons. The zero-order valence-corrected chi connectivity index (χ0v) is 20.0. The first-order chi connectivity index (χ1) is 16.9. The fraction of sp³-hybridized carbons (Fsp3) is 0.148. The zero-order valence-electron chi connectivity index (χ0n) is 19.2. The maximum absolute atomic E-state index is 13.2. The number of hydrogen-bond donors (Lipinski definition) is 1. The molecule has 8 heteroatoms. The molecule has 1 saturated heterocycles. The Morgan fingerprint density at radius 2 is 1.74 bits per heavy atom. The second kappa shape index (κ2) is 10.4. The lowest BCUT2D eigenvalue weighted by Gasteiger charge is -2.27. The summed E-state index contributed by atoms with van der Waals surface area (Å²) in [5.74, 6) is -0.499. The monoisotopic (exact) mass is 490 g/mol. The van der Waals surface area contributed by atoms with Gasteiger partial charge in [0, 0.05) is 5.02 Å². The fourth-order valence-electron chi connectivity index (χ4n) is 3.65. The van der Waals surface area contributed by atoms with Crippen molar-refractivity contribution in [1.82, 2.24) is 5.32 Å². The first-order valence-electron chi connectivity index (χ1n) is 11.0. The van der Waals surface area contributed by atoms with Gasteiger partial charge in [-0.15, -0.1) is 0 Å². The Hall–Kier alpha value is -4.10. The number of carbonyl (C=O) groups is 3. The number of imide groups is 2. The van der Waals surface area contributed by atoms with Gasteiger partial charge in [-0.2, -0.15) is 0 Å². The Morgan fingerprint density at radius 1 is 0.943 bits per heavy atom. The molecule has 0 aliphatic carbocycles. The van der Waals surface area contributed by atoms with Crippen molar-refractivity contribution in [2.24, 2.45) is 0 Å². The van der Waals surface area contributed by atoms with E-state index in [0.717, 1.165) is 16.0 Å². The molecule has 7 nitrogen and oxygen atoms in total. The van der Waals surface area contributed by atoms with Crippen LogP contribution in [0.5, 0.6) is 11.5 Å². The molecule has 1 heterocycles.